The van der Waals surface area contributed by atoms with Gasteiger partial charge in [-0.25, -0.2) is 0 Å². The molecule has 0 spiro atoms. The van der Waals surface area contributed by atoms with Crippen molar-refractivity contribution in [2.24, 2.45) is 11.3 Å². The summed E-state index contributed by atoms with van der Waals surface area (Å²) in [7, 11) is 0. The maximum absolute atomic E-state index is 11.9. The van der Waals surface area contributed by atoms with Crippen LogP contribution in [-0.2, 0) is 4.79 Å². The molecule has 1 amide bonds. The fourth-order valence-electron chi connectivity index (χ4n) is 3.46. The number of nitrogens with one attached hydrogen (secondary N) is 2. The van der Waals surface area contributed by atoms with E-state index in [0.29, 0.717) is 17.9 Å². The Balaban J connectivity index is 2.24. The summed E-state index contributed by atoms with van der Waals surface area (Å²) in [5, 5.41) is 6.54. The zero-order chi connectivity index (χ0) is 15.0. The molecule has 0 atom stereocenters. The van der Waals surface area contributed by atoms with Crippen molar-refractivity contribution < 1.29 is 4.79 Å². The molecular weight excluding hydrogens is 248 g/mol. The van der Waals surface area contributed by atoms with Gasteiger partial charge in [-0.15, -0.1) is 0 Å². The molecule has 1 aliphatic rings. The van der Waals surface area contributed by atoms with E-state index in [0.717, 1.165) is 25.4 Å². The molecule has 0 aromatic rings. The standard InChI is InChI=1S/C17H34N2O/c1-14(2)12-17(9-5-6-10-17)13-19-16(20)8-7-11-18-15(3)4/h14-15,18H,5-13H2,1-4H3,(H,19,20). The van der Waals surface area contributed by atoms with Crippen LogP contribution in [0.4, 0.5) is 0 Å². The zero-order valence-electron chi connectivity index (χ0n) is 13.9. The second kappa shape index (κ2) is 8.66. The highest BCUT2D eigenvalue weighted by Crippen LogP contribution is 2.42. The molecule has 1 aliphatic carbocycles. The van der Waals surface area contributed by atoms with Crippen LogP contribution in [0.25, 0.3) is 0 Å². The van der Waals surface area contributed by atoms with E-state index in [2.05, 4.69) is 38.3 Å². The van der Waals surface area contributed by atoms with Crippen LogP contribution in [0, 0.1) is 11.3 Å². The maximum Gasteiger partial charge on any atom is 0.220 e. The van der Waals surface area contributed by atoms with Crippen molar-refractivity contribution >= 4 is 5.91 Å². The van der Waals surface area contributed by atoms with Crippen molar-refractivity contribution in [3.63, 3.8) is 0 Å². The third kappa shape index (κ3) is 6.74. The lowest BCUT2D eigenvalue weighted by atomic mass is 9.78. The Morgan fingerprint density at radius 3 is 2.35 bits per heavy atom. The highest BCUT2D eigenvalue weighted by molar-refractivity contribution is 5.75. The molecule has 1 saturated carbocycles. The van der Waals surface area contributed by atoms with Crippen LogP contribution in [0.1, 0.15) is 72.6 Å². The van der Waals surface area contributed by atoms with Gasteiger partial charge in [0.05, 0.1) is 0 Å². The second-order valence-corrected chi connectivity index (χ2v) is 7.29. The third-order valence-corrected chi connectivity index (χ3v) is 4.30. The van der Waals surface area contributed by atoms with Gasteiger partial charge in [0.15, 0.2) is 0 Å². The summed E-state index contributed by atoms with van der Waals surface area (Å²) in [5.74, 6) is 0.950. The van der Waals surface area contributed by atoms with Crippen LogP contribution < -0.4 is 10.6 Å². The van der Waals surface area contributed by atoms with E-state index in [1.807, 2.05) is 0 Å². The van der Waals surface area contributed by atoms with Crippen LogP contribution in [0.3, 0.4) is 0 Å². The average molecular weight is 282 g/mol. The molecule has 0 aliphatic heterocycles. The lowest BCUT2D eigenvalue weighted by Gasteiger charge is -2.31. The average Bonchev–Trinajstić information content (AvgIpc) is 2.80. The van der Waals surface area contributed by atoms with Crippen molar-refractivity contribution in [2.45, 2.75) is 78.7 Å². The largest absolute Gasteiger partial charge is 0.356 e. The zero-order valence-corrected chi connectivity index (χ0v) is 13.9. The van der Waals surface area contributed by atoms with Crippen molar-refractivity contribution in [1.82, 2.24) is 10.6 Å². The van der Waals surface area contributed by atoms with Gasteiger partial charge in [0, 0.05) is 19.0 Å². The molecule has 0 saturated heterocycles. The highest BCUT2D eigenvalue weighted by Gasteiger charge is 2.34. The first-order valence-electron chi connectivity index (χ1n) is 8.44. The highest BCUT2D eigenvalue weighted by atomic mass is 16.1. The summed E-state index contributed by atoms with van der Waals surface area (Å²) in [6.07, 6.45) is 8.09. The van der Waals surface area contributed by atoms with Gasteiger partial charge in [-0.2, -0.15) is 0 Å². The Morgan fingerprint density at radius 2 is 1.80 bits per heavy atom. The molecule has 0 radical (unpaired) electrons. The van der Waals surface area contributed by atoms with E-state index in [-0.39, 0.29) is 5.91 Å². The minimum Gasteiger partial charge on any atom is -0.356 e. The van der Waals surface area contributed by atoms with Gasteiger partial charge in [0.1, 0.15) is 0 Å². The molecule has 2 N–H and O–H groups in total. The SMILES string of the molecule is CC(C)CC1(CNC(=O)CCCNC(C)C)CCCC1. The van der Waals surface area contributed by atoms with Gasteiger partial charge in [0.2, 0.25) is 5.91 Å². The normalized spacial score (nSPS) is 17.9. The van der Waals surface area contributed by atoms with Crippen molar-refractivity contribution in [3.8, 4) is 0 Å². The summed E-state index contributed by atoms with van der Waals surface area (Å²) in [6, 6.07) is 0.505. The minimum atomic E-state index is 0.227. The Bertz CT molecular complexity index is 281. The number of carbonyl (C=O) groups is 1. The predicted molar refractivity (Wildman–Crippen MR) is 85.7 cm³/mol. The number of hydrogen-bond donors (Lipinski definition) is 2. The van der Waals surface area contributed by atoms with Gasteiger partial charge in [0.25, 0.3) is 0 Å². The summed E-state index contributed by atoms with van der Waals surface area (Å²) in [5.41, 5.74) is 0.389. The molecule has 0 unspecified atom stereocenters. The van der Waals surface area contributed by atoms with E-state index < -0.39 is 0 Å². The summed E-state index contributed by atoms with van der Waals surface area (Å²) < 4.78 is 0. The fourth-order valence-corrected chi connectivity index (χ4v) is 3.46. The Kier molecular flexibility index (Phi) is 7.57. The maximum atomic E-state index is 11.9. The molecule has 0 aromatic heterocycles. The minimum absolute atomic E-state index is 0.227. The quantitative estimate of drug-likeness (QED) is 0.636. The van der Waals surface area contributed by atoms with E-state index in [1.54, 1.807) is 0 Å². The molecule has 0 bridgehead atoms. The molecule has 1 rings (SSSR count). The first-order valence-corrected chi connectivity index (χ1v) is 8.44. The van der Waals surface area contributed by atoms with E-state index in [1.165, 1.54) is 32.1 Å². The molecule has 20 heavy (non-hydrogen) atoms. The van der Waals surface area contributed by atoms with Crippen molar-refractivity contribution in [1.29, 1.82) is 0 Å². The molecule has 118 valence electrons. The molecular formula is C17H34N2O. The Labute approximate surface area is 125 Å². The first kappa shape index (κ1) is 17.5. The molecule has 0 heterocycles. The lowest BCUT2D eigenvalue weighted by Crippen LogP contribution is -2.37. The number of hydrogen-bond acceptors (Lipinski definition) is 2. The van der Waals surface area contributed by atoms with Crippen LogP contribution >= 0.6 is 0 Å². The van der Waals surface area contributed by atoms with Crippen LogP contribution in [0.15, 0.2) is 0 Å². The number of amides is 1. The molecule has 3 heteroatoms. The van der Waals surface area contributed by atoms with E-state index in [9.17, 15) is 4.79 Å². The summed E-state index contributed by atoms with van der Waals surface area (Å²) in [4.78, 5) is 11.9. The van der Waals surface area contributed by atoms with Gasteiger partial charge in [-0.05, 0) is 43.6 Å². The van der Waals surface area contributed by atoms with Crippen LogP contribution in [-0.4, -0.2) is 25.0 Å². The van der Waals surface area contributed by atoms with Gasteiger partial charge < -0.3 is 10.6 Å². The van der Waals surface area contributed by atoms with Crippen molar-refractivity contribution in [3.05, 3.63) is 0 Å². The lowest BCUT2D eigenvalue weighted by molar-refractivity contribution is -0.121. The smallest absolute Gasteiger partial charge is 0.220 e. The summed E-state index contributed by atoms with van der Waals surface area (Å²) in [6.45, 7) is 10.7. The van der Waals surface area contributed by atoms with Gasteiger partial charge in [-0.1, -0.05) is 40.5 Å². The summed E-state index contributed by atoms with van der Waals surface area (Å²) >= 11 is 0. The Morgan fingerprint density at radius 1 is 1.15 bits per heavy atom. The van der Waals surface area contributed by atoms with Crippen molar-refractivity contribution in [2.75, 3.05) is 13.1 Å². The first-order chi connectivity index (χ1) is 9.43. The molecule has 1 fully saturated rings. The van der Waals surface area contributed by atoms with E-state index >= 15 is 0 Å². The molecule has 3 nitrogen and oxygen atoms in total. The van der Waals surface area contributed by atoms with Gasteiger partial charge >= 0.3 is 0 Å². The third-order valence-electron chi connectivity index (χ3n) is 4.30. The molecule has 0 aromatic carbocycles. The van der Waals surface area contributed by atoms with Gasteiger partial charge in [-0.3, -0.25) is 4.79 Å². The van der Waals surface area contributed by atoms with E-state index in [4.69, 9.17) is 0 Å². The number of carbonyl (C=O) groups excluding carboxylic acids is 1. The Hall–Kier alpha value is -0.570. The fraction of sp³-hybridized carbons (Fsp3) is 0.941. The second-order valence-electron chi connectivity index (χ2n) is 7.29. The van der Waals surface area contributed by atoms with Crippen LogP contribution in [0.5, 0.6) is 0 Å². The monoisotopic (exact) mass is 282 g/mol. The number of rotatable bonds is 9. The van der Waals surface area contributed by atoms with Crippen LogP contribution in [0.2, 0.25) is 0 Å². The predicted octanol–water partition coefficient (Wildman–Crippen LogP) is 3.49. The topological polar surface area (TPSA) is 41.1 Å².